The Morgan fingerprint density at radius 3 is 1.84 bits per heavy atom. The van der Waals surface area contributed by atoms with Crippen molar-refractivity contribution in [1.82, 2.24) is 5.32 Å². The summed E-state index contributed by atoms with van der Waals surface area (Å²) in [6.45, 7) is 0.573. The summed E-state index contributed by atoms with van der Waals surface area (Å²) in [5.41, 5.74) is 7.61. The van der Waals surface area contributed by atoms with Crippen molar-refractivity contribution in [3.63, 3.8) is 0 Å². The Morgan fingerprint density at radius 1 is 0.947 bits per heavy atom. The van der Waals surface area contributed by atoms with Gasteiger partial charge in [0, 0.05) is 12.5 Å². The lowest BCUT2D eigenvalue weighted by Crippen LogP contribution is -2.30. The molecule has 2 aromatic carbocycles. The number of amides is 2. The second-order valence-electron chi connectivity index (χ2n) is 4.45. The number of urea groups is 1. The minimum absolute atomic E-state index is 0.272. The van der Waals surface area contributed by atoms with Gasteiger partial charge >= 0.3 is 6.03 Å². The fourth-order valence-corrected chi connectivity index (χ4v) is 2.24. The largest absolute Gasteiger partial charge is 0.352 e. The monoisotopic (exact) mass is 254 g/mol. The van der Waals surface area contributed by atoms with Gasteiger partial charge < -0.3 is 11.1 Å². The van der Waals surface area contributed by atoms with Crippen LogP contribution in [0.2, 0.25) is 0 Å². The van der Waals surface area contributed by atoms with Crippen LogP contribution < -0.4 is 11.1 Å². The molecule has 2 amide bonds. The molecule has 3 nitrogen and oxygen atoms in total. The highest BCUT2D eigenvalue weighted by molar-refractivity contribution is 5.71. The van der Waals surface area contributed by atoms with Crippen LogP contribution in [0.15, 0.2) is 60.7 Å². The first-order valence-corrected chi connectivity index (χ1v) is 6.40. The summed E-state index contributed by atoms with van der Waals surface area (Å²) in [5, 5.41) is 2.65. The van der Waals surface area contributed by atoms with E-state index in [1.165, 1.54) is 11.1 Å². The minimum atomic E-state index is -0.472. The van der Waals surface area contributed by atoms with Gasteiger partial charge in [0.15, 0.2) is 0 Å². The number of nitrogens with one attached hydrogen (secondary N) is 1. The number of hydrogen-bond acceptors (Lipinski definition) is 1. The molecule has 3 N–H and O–H groups in total. The number of primary amides is 1. The molecule has 2 rings (SSSR count). The van der Waals surface area contributed by atoms with Crippen LogP contribution in [0.5, 0.6) is 0 Å². The first kappa shape index (κ1) is 13.1. The van der Waals surface area contributed by atoms with E-state index in [0.29, 0.717) is 6.54 Å². The molecule has 0 heterocycles. The Kier molecular flexibility index (Phi) is 4.56. The molecule has 0 aliphatic heterocycles. The first-order valence-electron chi connectivity index (χ1n) is 6.40. The number of hydrogen-bond donors (Lipinski definition) is 2. The summed E-state index contributed by atoms with van der Waals surface area (Å²) in [6.07, 6.45) is 0.830. The molecule has 0 unspecified atom stereocenters. The highest BCUT2D eigenvalue weighted by Gasteiger charge is 2.13. The van der Waals surface area contributed by atoms with Crippen molar-refractivity contribution >= 4 is 6.03 Å². The van der Waals surface area contributed by atoms with E-state index in [9.17, 15) is 4.79 Å². The summed E-state index contributed by atoms with van der Waals surface area (Å²) >= 11 is 0. The van der Waals surface area contributed by atoms with Crippen LogP contribution in [0.3, 0.4) is 0 Å². The second kappa shape index (κ2) is 6.59. The van der Waals surface area contributed by atoms with E-state index in [4.69, 9.17) is 5.73 Å². The van der Waals surface area contributed by atoms with Crippen LogP contribution in [-0.2, 0) is 0 Å². The Balaban J connectivity index is 2.17. The number of nitrogens with two attached hydrogens (primary N) is 1. The molecule has 3 heteroatoms. The van der Waals surface area contributed by atoms with Gasteiger partial charge in [0.2, 0.25) is 0 Å². The molecule has 0 fully saturated rings. The summed E-state index contributed by atoms with van der Waals surface area (Å²) in [5.74, 6) is 0.272. The van der Waals surface area contributed by atoms with Crippen molar-refractivity contribution in [2.75, 3.05) is 6.54 Å². The Bertz CT molecular complexity index is 471. The first-order chi connectivity index (χ1) is 9.27. The molecular weight excluding hydrogens is 236 g/mol. The van der Waals surface area contributed by atoms with E-state index in [1.54, 1.807) is 0 Å². The van der Waals surface area contributed by atoms with Crippen LogP contribution in [0.4, 0.5) is 4.79 Å². The molecule has 0 saturated carbocycles. The molecule has 0 bridgehead atoms. The number of benzene rings is 2. The second-order valence-corrected chi connectivity index (χ2v) is 4.45. The topological polar surface area (TPSA) is 55.1 Å². The molecule has 0 aromatic heterocycles. The fraction of sp³-hybridized carbons (Fsp3) is 0.188. The highest BCUT2D eigenvalue weighted by atomic mass is 16.2. The highest BCUT2D eigenvalue weighted by Crippen LogP contribution is 2.27. The lowest BCUT2D eigenvalue weighted by atomic mass is 9.88. The van der Waals surface area contributed by atoms with Gasteiger partial charge in [-0.05, 0) is 17.5 Å². The predicted octanol–water partition coefficient (Wildman–Crippen LogP) is 2.88. The van der Waals surface area contributed by atoms with Gasteiger partial charge in [-0.3, -0.25) is 0 Å². The number of carbonyl (C=O) groups excluding carboxylic acids is 1. The summed E-state index contributed by atoms with van der Waals surface area (Å²) in [4.78, 5) is 10.8. The van der Waals surface area contributed by atoms with E-state index in [1.807, 2.05) is 36.4 Å². The van der Waals surface area contributed by atoms with Gasteiger partial charge in [-0.2, -0.15) is 0 Å². The molecule has 0 saturated heterocycles. The van der Waals surface area contributed by atoms with Crippen LogP contribution in [0.25, 0.3) is 0 Å². The zero-order valence-corrected chi connectivity index (χ0v) is 10.8. The smallest absolute Gasteiger partial charge is 0.312 e. The third kappa shape index (κ3) is 3.85. The fourth-order valence-electron chi connectivity index (χ4n) is 2.24. The summed E-state index contributed by atoms with van der Waals surface area (Å²) in [6, 6.07) is 20.1. The Morgan fingerprint density at radius 2 is 1.42 bits per heavy atom. The van der Waals surface area contributed by atoms with E-state index in [2.05, 4.69) is 29.6 Å². The molecule has 0 atom stereocenters. The van der Waals surface area contributed by atoms with Crippen molar-refractivity contribution in [1.29, 1.82) is 0 Å². The van der Waals surface area contributed by atoms with Crippen LogP contribution in [0, 0.1) is 0 Å². The maximum absolute atomic E-state index is 10.8. The predicted molar refractivity (Wildman–Crippen MR) is 76.9 cm³/mol. The van der Waals surface area contributed by atoms with E-state index >= 15 is 0 Å². The SMILES string of the molecule is NC(=O)NCCC(c1ccccc1)c1ccccc1. The number of carbonyl (C=O) groups is 1. The summed E-state index contributed by atoms with van der Waals surface area (Å²) in [7, 11) is 0. The molecule has 98 valence electrons. The van der Waals surface area contributed by atoms with Crippen molar-refractivity contribution < 1.29 is 4.79 Å². The Hall–Kier alpha value is -2.29. The average molecular weight is 254 g/mol. The summed E-state index contributed by atoms with van der Waals surface area (Å²) < 4.78 is 0. The maximum Gasteiger partial charge on any atom is 0.312 e. The average Bonchev–Trinajstić information content (AvgIpc) is 2.45. The van der Waals surface area contributed by atoms with Crippen LogP contribution in [0.1, 0.15) is 23.5 Å². The zero-order chi connectivity index (χ0) is 13.5. The van der Waals surface area contributed by atoms with Gasteiger partial charge in [0.25, 0.3) is 0 Å². The molecule has 0 spiro atoms. The van der Waals surface area contributed by atoms with Crippen molar-refractivity contribution in [3.05, 3.63) is 71.8 Å². The van der Waals surface area contributed by atoms with Gasteiger partial charge in [-0.15, -0.1) is 0 Å². The zero-order valence-electron chi connectivity index (χ0n) is 10.8. The van der Waals surface area contributed by atoms with Gasteiger partial charge in [-0.25, -0.2) is 4.79 Å². The van der Waals surface area contributed by atoms with Gasteiger partial charge in [-0.1, -0.05) is 60.7 Å². The quantitative estimate of drug-likeness (QED) is 0.847. The van der Waals surface area contributed by atoms with Crippen LogP contribution >= 0.6 is 0 Å². The third-order valence-electron chi connectivity index (χ3n) is 3.14. The standard InChI is InChI=1S/C16H18N2O/c17-16(19)18-12-11-15(13-7-3-1-4-8-13)14-9-5-2-6-10-14/h1-10,15H,11-12H2,(H3,17,18,19). The maximum atomic E-state index is 10.8. The van der Waals surface area contributed by atoms with Gasteiger partial charge in [0.1, 0.15) is 0 Å². The van der Waals surface area contributed by atoms with E-state index < -0.39 is 6.03 Å². The molecule has 0 aliphatic carbocycles. The van der Waals surface area contributed by atoms with Crippen molar-refractivity contribution in [2.45, 2.75) is 12.3 Å². The molecule has 0 aliphatic rings. The van der Waals surface area contributed by atoms with E-state index in [-0.39, 0.29) is 5.92 Å². The minimum Gasteiger partial charge on any atom is -0.352 e. The molecule has 0 radical (unpaired) electrons. The molecular formula is C16H18N2O. The normalized spacial score (nSPS) is 10.4. The van der Waals surface area contributed by atoms with Crippen LogP contribution in [-0.4, -0.2) is 12.6 Å². The lowest BCUT2D eigenvalue weighted by molar-refractivity contribution is 0.248. The molecule has 19 heavy (non-hydrogen) atoms. The van der Waals surface area contributed by atoms with Crippen molar-refractivity contribution in [2.24, 2.45) is 5.73 Å². The Labute approximate surface area is 113 Å². The van der Waals surface area contributed by atoms with Crippen molar-refractivity contribution in [3.8, 4) is 0 Å². The number of rotatable bonds is 5. The van der Waals surface area contributed by atoms with E-state index in [0.717, 1.165) is 6.42 Å². The third-order valence-corrected chi connectivity index (χ3v) is 3.14. The molecule has 2 aromatic rings. The van der Waals surface area contributed by atoms with Gasteiger partial charge in [0.05, 0.1) is 0 Å². The lowest BCUT2D eigenvalue weighted by Gasteiger charge is -2.18.